The van der Waals surface area contributed by atoms with E-state index in [-0.39, 0.29) is 26.1 Å². The molecule has 0 aromatic carbocycles. The van der Waals surface area contributed by atoms with Gasteiger partial charge in [0, 0.05) is 12.8 Å². The molecule has 0 spiro atoms. The fourth-order valence-corrected chi connectivity index (χ4v) is 5.20. The maximum Gasteiger partial charge on any atom is 0.306 e. The molecule has 0 heterocycles. The molecule has 260 valence electrons. The average Bonchev–Trinajstić information content (AvgIpc) is 2.95. The molecule has 0 aliphatic heterocycles. The molecule has 0 amide bonds. The number of quaternary nitrogens is 1. The summed E-state index contributed by atoms with van der Waals surface area (Å²) in [6.07, 6.45) is 24.1. The number of phosphoric ester groups is 1. The number of hydrogen-bond acceptors (Lipinski definition) is 8. The third-order valence-corrected chi connectivity index (χ3v) is 8.25. The largest absolute Gasteiger partial charge is 0.756 e. The van der Waals surface area contributed by atoms with Gasteiger partial charge in [0.15, 0.2) is 6.10 Å². The first-order chi connectivity index (χ1) is 21.0. The van der Waals surface area contributed by atoms with Gasteiger partial charge in [0.25, 0.3) is 7.82 Å². The Kier molecular flexibility index (Phi) is 27.2. The molecule has 0 fully saturated rings. The lowest BCUT2D eigenvalue weighted by molar-refractivity contribution is -0.870. The van der Waals surface area contributed by atoms with Gasteiger partial charge in [-0.15, -0.1) is 0 Å². The zero-order valence-corrected chi connectivity index (χ0v) is 29.8. The Hall–Kier alpha value is -1.25. The van der Waals surface area contributed by atoms with Crippen molar-refractivity contribution in [3.63, 3.8) is 0 Å². The zero-order valence-electron chi connectivity index (χ0n) is 28.9. The van der Waals surface area contributed by atoms with Crippen molar-refractivity contribution in [1.29, 1.82) is 0 Å². The van der Waals surface area contributed by atoms with Crippen molar-refractivity contribution < 1.29 is 42.1 Å². The van der Waals surface area contributed by atoms with Gasteiger partial charge in [-0.25, -0.2) is 0 Å². The summed E-state index contributed by atoms with van der Waals surface area (Å²) in [7, 11) is 1.16. The molecule has 0 radical (unpaired) electrons. The van der Waals surface area contributed by atoms with Crippen LogP contribution in [0.1, 0.15) is 142 Å². The van der Waals surface area contributed by atoms with Gasteiger partial charge in [0.1, 0.15) is 19.8 Å². The van der Waals surface area contributed by atoms with E-state index in [1.54, 1.807) is 0 Å². The number of allylic oxidation sites excluding steroid dienone is 2. The Morgan fingerprint density at radius 2 is 1.16 bits per heavy atom. The molecule has 0 aromatic rings. The molecule has 0 saturated heterocycles. The molecule has 10 heteroatoms. The van der Waals surface area contributed by atoms with E-state index in [9.17, 15) is 19.0 Å². The second-order valence-electron chi connectivity index (χ2n) is 12.9. The van der Waals surface area contributed by atoms with E-state index in [4.69, 9.17) is 18.5 Å². The topological polar surface area (TPSA) is 111 Å². The van der Waals surface area contributed by atoms with Crippen LogP contribution in [-0.2, 0) is 32.7 Å². The van der Waals surface area contributed by atoms with Crippen molar-refractivity contribution in [1.82, 2.24) is 0 Å². The molecule has 0 bridgehead atoms. The lowest BCUT2D eigenvalue weighted by Gasteiger charge is -2.28. The highest BCUT2D eigenvalue weighted by molar-refractivity contribution is 7.45. The molecule has 0 rings (SSSR count). The van der Waals surface area contributed by atoms with E-state index < -0.39 is 32.5 Å². The maximum absolute atomic E-state index is 12.5. The van der Waals surface area contributed by atoms with Crippen molar-refractivity contribution >= 4 is 19.8 Å². The second kappa shape index (κ2) is 28.0. The predicted octanol–water partition coefficient (Wildman–Crippen LogP) is 8.05. The minimum absolute atomic E-state index is 0.0304. The predicted molar refractivity (Wildman–Crippen MR) is 176 cm³/mol. The van der Waals surface area contributed by atoms with Crippen LogP contribution in [0.25, 0.3) is 0 Å². The normalized spacial score (nSPS) is 14.0. The van der Waals surface area contributed by atoms with Gasteiger partial charge in [-0.05, 0) is 38.5 Å². The van der Waals surface area contributed by atoms with E-state index in [0.717, 1.165) is 57.8 Å². The van der Waals surface area contributed by atoms with Gasteiger partial charge in [-0.1, -0.05) is 103 Å². The van der Waals surface area contributed by atoms with Crippen molar-refractivity contribution in [2.75, 3.05) is 47.5 Å². The number of rotatable bonds is 31. The number of carbonyl (C=O) groups is 2. The van der Waals surface area contributed by atoms with Crippen LogP contribution in [0.15, 0.2) is 12.2 Å². The monoisotopic (exact) mass is 647 g/mol. The quantitative estimate of drug-likeness (QED) is 0.0244. The Bertz CT molecular complexity index is 784. The van der Waals surface area contributed by atoms with Crippen LogP contribution in [0, 0.1) is 0 Å². The summed E-state index contributed by atoms with van der Waals surface area (Å²) in [5.74, 6) is -0.855. The van der Waals surface area contributed by atoms with Crippen molar-refractivity contribution in [3.05, 3.63) is 12.2 Å². The number of likely N-dealkylation sites (N-methyl/N-ethyl adjacent to an activating group) is 1. The van der Waals surface area contributed by atoms with E-state index in [1.165, 1.54) is 51.4 Å². The molecule has 0 N–H and O–H groups in total. The Morgan fingerprint density at radius 3 is 1.68 bits per heavy atom. The highest BCUT2D eigenvalue weighted by atomic mass is 31.2. The first kappa shape index (κ1) is 42.8. The van der Waals surface area contributed by atoms with E-state index in [1.807, 2.05) is 21.1 Å². The average molecular weight is 648 g/mol. The highest BCUT2D eigenvalue weighted by Gasteiger charge is 2.21. The van der Waals surface area contributed by atoms with Crippen molar-refractivity contribution in [3.8, 4) is 0 Å². The SMILES string of the molecule is CCCCCCC/C=C\CCCCCCCC(=O)OC(COC(=O)CCCCCCCC)COP(=O)([O-])OCC[N+](C)(C)C. The summed E-state index contributed by atoms with van der Waals surface area (Å²) in [4.78, 5) is 37.0. The van der Waals surface area contributed by atoms with Gasteiger partial charge in [-0.3, -0.25) is 14.2 Å². The molecule has 44 heavy (non-hydrogen) atoms. The lowest BCUT2D eigenvalue weighted by Crippen LogP contribution is -2.37. The lowest BCUT2D eigenvalue weighted by atomic mass is 10.1. The number of carbonyl (C=O) groups excluding carboxylic acids is 2. The second-order valence-corrected chi connectivity index (χ2v) is 14.3. The Morgan fingerprint density at radius 1 is 0.682 bits per heavy atom. The van der Waals surface area contributed by atoms with Crippen LogP contribution in [0.4, 0.5) is 0 Å². The Labute approximate surface area is 269 Å². The molecule has 0 aromatic heterocycles. The summed E-state index contributed by atoms with van der Waals surface area (Å²) in [6, 6.07) is 0. The number of esters is 2. The van der Waals surface area contributed by atoms with Crippen LogP contribution in [0.3, 0.4) is 0 Å². The fraction of sp³-hybridized carbons (Fsp3) is 0.882. The smallest absolute Gasteiger partial charge is 0.306 e. The van der Waals surface area contributed by atoms with Crippen LogP contribution in [-0.4, -0.2) is 70.0 Å². The molecule has 0 saturated carbocycles. The summed E-state index contributed by atoms with van der Waals surface area (Å²) >= 11 is 0. The van der Waals surface area contributed by atoms with Crippen molar-refractivity contribution in [2.45, 2.75) is 148 Å². The standard InChI is InChI=1S/C34H66NO8P/c1-6-8-10-12-14-15-16-17-18-19-20-21-23-25-27-34(37)43-32(30-40-33(36)26-24-22-13-11-9-7-2)31-42-44(38,39)41-29-28-35(3,4)5/h16-17,32H,6-15,18-31H2,1-5H3/b17-16-. The summed E-state index contributed by atoms with van der Waals surface area (Å²) in [6.45, 7) is 4.11. The summed E-state index contributed by atoms with van der Waals surface area (Å²) in [5.41, 5.74) is 0. The van der Waals surface area contributed by atoms with Crippen LogP contribution in [0.5, 0.6) is 0 Å². The number of unbranched alkanes of at least 4 members (excludes halogenated alkanes) is 15. The van der Waals surface area contributed by atoms with Gasteiger partial charge in [0.05, 0.1) is 27.7 Å². The third kappa shape index (κ3) is 30.8. The molecule has 9 nitrogen and oxygen atoms in total. The molecule has 0 aliphatic carbocycles. The molecule has 2 unspecified atom stereocenters. The number of hydrogen-bond donors (Lipinski definition) is 0. The third-order valence-electron chi connectivity index (χ3n) is 7.29. The van der Waals surface area contributed by atoms with E-state index in [2.05, 4.69) is 26.0 Å². The first-order valence-corrected chi connectivity index (χ1v) is 18.9. The minimum atomic E-state index is -4.60. The highest BCUT2D eigenvalue weighted by Crippen LogP contribution is 2.38. The molecule has 0 aliphatic rings. The molecular formula is C34H66NO8P. The molecular weight excluding hydrogens is 581 g/mol. The van der Waals surface area contributed by atoms with Gasteiger partial charge < -0.3 is 27.9 Å². The van der Waals surface area contributed by atoms with Gasteiger partial charge in [-0.2, -0.15) is 0 Å². The maximum atomic E-state index is 12.5. The summed E-state index contributed by atoms with van der Waals surface area (Å²) in [5, 5.41) is 0. The molecule has 2 atom stereocenters. The van der Waals surface area contributed by atoms with E-state index in [0.29, 0.717) is 17.4 Å². The first-order valence-electron chi connectivity index (χ1n) is 17.4. The number of phosphoric acid groups is 1. The van der Waals surface area contributed by atoms with Gasteiger partial charge in [0.2, 0.25) is 0 Å². The number of ether oxygens (including phenoxy) is 2. The van der Waals surface area contributed by atoms with Crippen LogP contribution < -0.4 is 4.89 Å². The summed E-state index contributed by atoms with van der Waals surface area (Å²) < 4.78 is 33.5. The number of nitrogens with zero attached hydrogens (tertiary/aromatic N) is 1. The fourth-order valence-electron chi connectivity index (χ4n) is 4.47. The van der Waals surface area contributed by atoms with Crippen LogP contribution >= 0.6 is 7.82 Å². The minimum Gasteiger partial charge on any atom is -0.756 e. The van der Waals surface area contributed by atoms with E-state index >= 15 is 0 Å². The van der Waals surface area contributed by atoms with Crippen LogP contribution in [0.2, 0.25) is 0 Å². The Balaban J connectivity index is 4.44. The van der Waals surface area contributed by atoms with Gasteiger partial charge >= 0.3 is 11.9 Å². The van der Waals surface area contributed by atoms with Crippen molar-refractivity contribution in [2.24, 2.45) is 0 Å². The zero-order chi connectivity index (χ0) is 32.9.